The van der Waals surface area contributed by atoms with Gasteiger partial charge in [0.15, 0.2) is 11.6 Å². The van der Waals surface area contributed by atoms with Crippen molar-refractivity contribution in [3.63, 3.8) is 0 Å². The Kier molecular flexibility index (Phi) is 6.16. The molecule has 0 fully saturated rings. The number of amides is 1. The van der Waals surface area contributed by atoms with E-state index in [0.29, 0.717) is 17.5 Å². The molecule has 0 unspecified atom stereocenters. The quantitative estimate of drug-likeness (QED) is 0.429. The van der Waals surface area contributed by atoms with Gasteiger partial charge in [-0.1, -0.05) is 24.3 Å². The van der Waals surface area contributed by atoms with Gasteiger partial charge in [-0.05, 0) is 59.2 Å². The summed E-state index contributed by atoms with van der Waals surface area (Å²) in [5.41, 5.74) is 3.93. The van der Waals surface area contributed by atoms with Crippen LogP contribution in [0.2, 0.25) is 0 Å². The monoisotopic (exact) mass is 485 g/mol. The molecule has 5 rings (SSSR count). The Morgan fingerprint density at radius 2 is 1.83 bits per heavy atom. The molecule has 0 radical (unpaired) electrons. The minimum absolute atomic E-state index is 0.0100. The number of hydrogen-bond acceptors (Lipinski definition) is 4. The number of phenols is 1. The fourth-order valence-electron chi connectivity index (χ4n) is 4.26. The van der Waals surface area contributed by atoms with Crippen molar-refractivity contribution in [3.8, 4) is 5.75 Å². The maximum atomic E-state index is 13.5. The number of fused-ring (bicyclic) bond motifs is 1. The molecule has 36 heavy (non-hydrogen) atoms. The van der Waals surface area contributed by atoms with E-state index in [-0.39, 0.29) is 24.4 Å². The fourth-order valence-corrected chi connectivity index (χ4v) is 4.26. The van der Waals surface area contributed by atoms with Gasteiger partial charge in [0.25, 0.3) is 11.5 Å². The number of pyridine rings is 2. The van der Waals surface area contributed by atoms with Gasteiger partial charge in [0.1, 0.15) is 11.3 Å². The zero-order valence-corrected chi connectivity index (χ0v) is 19.0. The molecule has 0 saturated heterocycles. The number of carbonyl (C=O) groups is 1. The van der Waals surface area contributed by atoms with E-state index in [0.717, 1.165) is 34.5 Å². The molecule has 2 aromatic heterocycles. The predicted molar refractivity (Wildman–Crippen MR) is 130 cm³/mol. The van der Waals surface area contributed by atoms with Gasteiger partial charge in [0, 0.05) is 36.5 Å². The van der Waals surface area contributed by atoms with Crippen LogP contribution in [0.25, 0.3) is 5.57 Å². The number of aromatic nitrogens is 2. The molecule has 0 saturated carbocycles. The first-order chi connectivity index (χ1) is 17.4. The lowest BCUT2D eigenvalue weighted by Crippen LogP contribution is -2.32. The van der Waals surface area contributed by atoms with Crippen molar-refractivity contribution < 1.29 is 18.7 Å². The summed E-state index contributed by atoms with van der Waals surface area (Å²) in [5, 5.41) is 13.2. The number of allylic oxidation sites excluding steroid dienone is 1. The minimum Gasteiger partial charge on any atom is -0.507 e. The van der Waals surface area contributed by atoms with Crippen LogP contribution in [0.15, 0.2) is 83.9 Å². The Bertz CT molecular complexity index is 1580. The highest BCUT2D eigenvalue weighted by Gasteiger charge is 2.19. The first-order valence-corrected chi connectivity index (χ1v) is 11.3. The number of rotatable bonds is 6. The second-order valence-corrected chi connectivity index (χ2v) is 8.46. The molecule has 0 atom stereocenters. The van der Waals surface area contributed by atoms with E-state index in [4.69, 9.17) is 0 Å². The van der Waals surface area contributed by atoms with Gasteiger partial charge in [0.05, 0.1) is 12.2 Å². The van der Waals surface area contributed by atoms with E-state index < -0.39 is 23.1 Å². The smallest absolute Gasteiger partial charge is 0.263 e. The number of benzene rings is 2. The van der Waals surface area contributed by atoms with E-state index >= 15 is 0 Å². The van der Waals surface area contributed by atoms with Crippen LogP contribution in [0.4, 0.5) is 8.78 Å². The average Bonchev–Trinajstić information content (AvgIpc) is 3.31. The summed E-state index contributed by atoms with van der Waals surface area (Å²) in [7, 11) is 0. The van der Waals surface area contributed by atoms with Crippen LogP contribution in [0.3, 0.4) is 0 Å². The van der Waals surface area contributed by atoms with Crippen molar-refractivity contribution in [2.24, 2.45) is 0 Å². The third-order valence-corrected chi connectivity index (χ3v) is 6.09. The summed E-state index contributed by atoms with van der Waals surface area (Å²) >= 11 is 0. The van der Waals surface area contributed by atoms with E-state index in [9.17, 15) is 23.5 Å². The molecule has 2 heterocycles. The summed E-state index contributed by atoms with van der Waals surface area (Å²) in [6, 6.07) is 15.2. The molecule has 1 amide bonds. The Balaban J connectivity index is 1.32. The highest BCUT2D eigenvalue weighted by molar-refractivity contribution is 5.93. The summed E-state index contributed by atoms with van der Waals surface area (Å²) in [6.45, 7) is 0.126. The zero-order chi connectivity index (χ0) is 25.2. The van der Waals surface area contributed by atoms with Crippen molar-refractivity contribution in [2.75, 3.05) is 0 Å². The summed E-state index contributed by atoms with van der Waals surface area (Å²) < 4.78 is 28.0. The number of hydrogen-bond donors (Lipinski definition) is 2. The number of nitrogens with one attached hydrogen (secondary N) is 1. The summed E-state index contributed by atoms with van der Waals surface area (Å²) in [5.74, 6) is -2.42. The fraction of sp³-hybridized carbons (Fsp3) is 0.107. The lowest BCUT2D eigenvalue weighted by atomic mass is 9.98. The minimum atomic E-state index is -1.00. The lowest BCUT2D eigenvalue weighted by molar-refractivity contribution is 0.0949. The average molecular weight is 485 g/mol. The van der Waals surface area contributed by atoms with Gasteiger partial charge >= 0.3 is 0 Å². The maximum absolute atomic E-state index is 13.5. The molecule has 2 N–H and O–H groups in total. The van der Waals surface area contributed by atoms with Crippen LogP contribution in [-0.2, 0) is 19.5 Å². The Morgan fingerprint density at radius 1 is 1.00 bits per heavy atom. The number of aromatic hydroxyl groups is 1. The second kappa shape index (κ2) is 9.58. The van der Waals surface area contributed by atoms with Gasteiger partial charge in [0.2, 0.25) is 0 Å². The number of nitrogens with zero attached hydrogens (tertiary/aromatic N) is 2. The van der Waals surface area contributed by atoms with Crippen LogP contribution in [0.1, 0.15) is 38.3 Å². The van der Waals surface area contributed by atoms with Crippen molar-refractivity contribution in [1.82, 2.24) is 14.9 Å². The van der Waals surface area contributed by atoms with Crippen molar-refractivity contribution in [3.05, 3.63) is 135 Å². The second-order valence-electron chi connectivity index (χ2n) is 8.46. The molecular formula is C28H21F2N3O3. The van der Waals surface area contributed by atoms with Crippen LogP contribution >= 0.6 is 0 Å². The molecule has 4 aromatic rings. The molecule has 1 aliphatic carbocycles. The normalized spacial score (nSPS) is 12.2. The summed E-state index contributed by atoms with van der Waals surface area (Å²) in [4.78, 5) is 30.0. The first kappa shape index (κ1) is 23.2. The van der Waals surface area contributed by atoms with Crippen molar-refractivity contribution in [2.45, 2.75) is 19.5 Å². The third kappa shape index (κ3) is 4.53. The topological polar surface area (TPSA) is 84.2 Å². The van der Waals surface area contributed by atoms with Gasteiger partial charge in [-0.15, -0.1) is 0 Å². The summed E-state index contributed by atoms with van der Waals surface area (Å²) in [6.07, 6.45) is 5.90. The lowest BCUT2D eigenvalue weighted by Gasteiger charge is -2.12. The van der Waals surface area contributed by atoms with E-state index in [1.54, 1.807) is 30.5 Å². The maximum Gasteiger partial charge on any atom is 0.263 e. The van der Waals surface area contributed by atoms with Gasteiger partial charge in [-0.3, -0.25) is 14.6 Å². The molecular weight excluding hydrogens is 464 g/mol. The van der Waals surface area contributed by atoms with Crippen LogP contribution in [-0.4, -0.2) is 20.6 Å². The van der Waals surface area contributed by atoms with Crippen LogP contribution < -0.4 is 10.9 Å². The largest absolute Gasteiger partial charge is 0.507 e. The zero-order valence-electron chi connectivity index (χ0n) is 19.0. The third-order valence-electron chi connectivity index (χ3n) is 6.09. The molecule has 0 aliphatic heterocycles. The number of carbonyl (C=O) groups excluding carboxylic acids is 1. The Labute approximate surface area is 205 Å². The van der Waals surface area contributed by atoms with Gasteiger partial charge in [-0.25, -0.2) is 8.78 Å². The Morgan fingerprint density at radius 3 is 2.67 bits per heavy atom. The molecule has 2 aromatic carbocycles. The van der Waals surface area contributed by atoms with E-state index in [1.807, 2.05) is 18.2 Å². The number of halogens is 2. The predicted octanol–water partition coefficient (Wildman–Crippen LogP) is 4.19. The van der Waals surface area contributed by atoms with Crippen molar-refractivity contribution in [1.29, 1.82) is 0 Å². The van der Waals surface area contributed by atoms with E-state index in [2.05, 4.69) is 10.3 Å². The standard InChI is InChI=1S/C28H21F2N3O3/c29-23-8-5-18(14-24(23)30)16-33-12-2-4-21(28(33)36)27(35)32-15-17-6-10-26(34)22(13-17)19-7-9-25-20(19)3-1-11-31-25/h1-8,10-14,34H,9,15-16H2,(H,32,35). The number of phenolic OH excluding ortho intramolecular Hbond substituents is 1. The molecule has 1 aliphatic rings. The van der Waals surface area contributed by atoms with Gasteiger partial charge < -0.3 is 15.0 Å². The molecule has 6 nitrogen and oxygen atoms in total. The molecule has 0 spiro atoms. The van der Waals surface area contributed by atoms with Crippen LogP contribution in [0, 0.1) is 11.6 Å². The highest BCUT2D eigenvalue weighted by atomic mass is 19.2. The van der Waals surface area contributed by atoms with E-state index in [1.165, 1.54) is 22.9 Å². The molecule has 8 heteroatoms. The van der Waals surface area contributed by atoms with Crippen molar-refractivity contribution >= 4 is 11.5 Å². The van der Waals surface area contributed by atoms with Crippen LogP contribution in [0.5, 0.6) is 5.75 Å². The molecule has 180 valence electrons. The highest BCUT2D eigenvalue weighted by Crippen LogP contribution is 2.36. The first-order valence-electron chi connectivity index (χ1n) is 11.3. The Hall–Kier alpha value is -4.59. The molecule has 0 bridgehead atoms. The van der Waals surface area contributed by atoms with Gasteiger partial charge in [-0.2, -0.15) is 0 Å². The SMILES string of the molecule is O=C(NCc1ccc(O)c(C2=CCc3ncccc32)c1)c1cccn(Cc2ccc(F)c(F)c2)c1=O.